The van der Waals surface area contributed by atoms with Gasteiger partial charge < -0.3 is 4.74 Å². The average molecular weight is 402 g/mol. The second-order valence-corrected chi connectivity index (χ2v) is 9.29. The van der Waals surface area contributed by atoms with Crippen molar-refractivity contribution in [2.75, 3.05) is 0 Å². The summed E-state index contributed by atoms with van der Waals surface area (Å²) in [6, 6.07) is 27.9. The summed E-state index contributed by atoms with van der Waals surface area (Å²) in [6.45, 7) is 6.79. The Labute approximate surface area is 182 Å². The lowest BCUT2D eigenvalue weighted by atomic mass is 9.82. The monoisotopic (exact) mass is 401 g/mol. The molecule has 0 N–H and O–H groups in total. The van der Waals surface area contributed by atoms with Gasteiger partial charge in [0.1, 0.15) is 11.4 Å². The maximum atomic E-state index is 6.51. The van der Waals surface area contributed by atoms with Gasteiger partial charge in [0.25, 0.3) is 0 Å². The van der Waals surface area contributed by atoms with E-state index >= 15 is 0 Å². The van der Waals surface area contributed by atoms with Crippen LogP contribution in [0, 0.1) is 0 Å². The predicted molar refractivity (Wildman–Crippen MR) is 129 cm³/mol. The molecule has 150 valence electrons. The van der Waals surface area contributed by atoms with E-state index in [1.165, 1.54) is 32.7 Å². The number of aromatic nitrogens is 1. The smallest absolute Gasteiger partial charge is 0.161 e. The van der Waals surface area contributed by atoms with Crippen molar-refractivity contribution in [2.24, 2.45) is 0 Å². The van der Waals surface area contributed by atoms with Crippen LogP contribution in [0.25, 0.3) is 43.9 Å². The lowest BCUT2D eigenvalue weighted by Gasteiger charge is -2.25. The summed E-state index contributed by atoms with van der Waals surface area (Å²) < 4.78 is 6.51. The van der Waals surface area contributed by atoms with Crippen LogP contribution in [0.3, 0.4) is 0 Å². The minimum Gasteiger partial charge on any atom is -0.454 e. The highest BCUT2D eigenvalue weighted by Crippen LogP contribution is 2.49. The van der Waals surface area contributed by atoms with Crippen molar-refractivity contribution in [3.63, 3.8) is 0 Å². The molecule has 0 aliphatic carbocycles. The minimum atomic E-state index is 0.0174. The summed E-state index contributed by atoms with van der Waals surface area (Å²) in [6.07, 6.45) is 1.90. The molecule has 0 spiro atoms. The summed E-state index contributed by atoms with van der Waals surface area (Å²) in [5.74, 6) is 1.73. The van der Waals surface area contributed by atoms with E-state index in [-0.39, 0.29) is 5.41 Å². The van der Waals surface area contributed by atoms with E-state index in [4.69, 9.17) is 9.72 Å². The molecule has 0 bridgehead atoms. The Morgan fingerprint density at radius 2 is 1.52 bits per heavy atom. The Balaban J connectivity index is 1.65. The van der Waals surface area contributed by atoms with Gasteiger partial charge in [-0.3, -0.25) is 4.98 Å². The molecular weight excluding hydrogens is 378 g/mol. The lowest BCUT2D eigenvalue weighted by Crippen LogP contribution is -2.12. The van der Waals surface area contributed by atoms with Crippen LogP contribution in [0.5, 0.6) is 11.5 Å². The molecule has 31 heavy (non-hydrogen) atoms. The molecule has 0 unspecified atom stereocenters. The second-order valence-electron chi connectivity index (χ2n) is 9.29. The predicted octanol–water partition coefficient (Wildman–Crippen LogP) is 8.13. The first-order valence-electron chi connectivity index (χ1n) is 10.7. The van der Waals surface area contributed by atoms with E-state index in [1.807, 2.05) is 12.3 Å². The van der Waals surface area contributed by atoms with E-state index in [2.05, 4.69) is 93.6 Å². The van der Waals surface area contributed by atoms with Crippen LogP contribution in [0.15, 0.2) is 85.1 Å². The van der Waals surface area contributed by atoms with E-state index in [9.17, 15) is 0 Å². The number of fused-ring (bicyclic) bond motifs is 3. The van der Waals surface area contributed by atoms with E-state index in [1.54, 1.807) is 0 Å². The number of hydrogen-bond acceptors (Lipinski definition) is 2. The lowest BCUT2D eigenvalue weighted by molar-refractivity contribution is 0.486. The van der Waals surface area contributed by atoms with Crippen molar-refractivity contribution in [1.82, 2.24) is 4.98 Å². The van der Waals surface area contributed by atoms with Gasteiger partial charge in [-0.15, -0.1) is 0 Å². The fourth-order valence-electron chi connectivity index (χ4n) is 4.76. The molecular formula is C29H23NO. The molecule has 5 aromatic rings. The standard InChI is InChI=1S/C29H23NO/c1-29(2,3)24-17-20(16-19-8-4-5-11-21(19)24)27-28-23(14-15-30-27)22-12-6-9-18-10-7-13-25(31-28)26(18)22/h4-17H,1-3H3. The molecule has 2 heterocycles. The molecule has 6 rings (SSSR count). The third-order valence-electron chi connectivity index (χ3n) is 6.22. The van der Waals surface area contributed by atoms with Crippen LogP contribution in [0.4, 0.5) is 0 Å². The molecule has 0 fully saturated rings. The molecule has 0 radical (unpaired) electrons. The average Bonchev–Trinajstić information content (AvgIpc) is 2.78. The Kier molecular flexibility index (Phi) is 3.76. The number of pyridine rings is 1. The molecule has 1 aromatic heterocycles. The maximum Gasteiger partial charge on any atom is 0.161 e. The molecule has 1 aliphatic heterocycles. The third-order valence-corrected chi connectivity index (χ3v) is 6.22. The highest BCUT2D eigenvalue weighted by Gasteiger charge is 2.25. The van der Waals surface area contributed by atoms with Crippen LogP contribution in [-0.2, 0) is 5.41 Å². The van der Waals surface area contributed by atoms with Crippen LogP contribution < -0.4 is 4.74 Å². The van der Waals surface area contributed by atoms with Gasteiger partial charge in [0.15, 0.2) is 5.75 Å². The Hall–Kier alpha value is -3.65. The van der Waals surface area contributed by atoms with Crippen molar-refractivity contribution in [2.45, 2.75) is 26.2 Å². The zero-order valence-corrected chi connectivity index (χ0v) is 17.9. The van der Waals surface area contributed by atoms with E-state index in [0.29, 0.717) is 0 Å². The number of benzene rings is 4. The first-order chi connectivity index (χ1) is 15.0. The van der Waals surface area contributed by atoms with Gasteiger partial charge in [0.05, 0.1) is 0 Å². The summed E-state index contributed by atoms with van der Waals surface area (Å²) in [4.78, 5) is 4.80. The quantitative estimate of drug-likeness (QED) is 0.277. The van der Waals surface area contributed by atoms with Gasteiger partial charge in [0.2, 0.25) is 0 Å². The van der Waals surface area contributed by atoms with Gasteiger partial charge in [-0.2, -0.15) is 0 Å². The summed E-state index contributed by atoms with van der Waals surface area (Å²) >= 11 is 0. The van der Waals surface area contributed by atoms with Gasteiger partial charge in [-0.25, -0.2) is 0 Å². The fourth-order valence-corrected chi connectivity index (χ4v) is 4.76. The van der Waals surface area contributed by atoms with Crippen LogP contribution in [-0.4, -0.2) is 4.98 Å². The van der Waals surface area contributed by atoms with Gasteiger partial charge in [0, 0.05) is 22.7 Å². The summed E-state index contributed by atoms with van der Waals surface area (Å²) in [5.41, 5.74) is 5.61. The molecule has 4 aromatic carbocycles. The van der Waals surface area contributed by atoms with Crippen molar-refractivity contribution in [3.05, 3.63) is 90.6 Å². The summed E-state index contributed by atoms with van der Waals surface area (Å²) in [5, 5.41) is 4.88. The first kappa shape index (κ1) is 18.1. The first-order valence-corrected chi connectivity index (χ1v) is 10.7. The Morgan fingerprint density at radius 3 is 2.35 bits per heavy atom. The van der Waals surface area contributed by atoms with E-state index in [0.717, 1.165) is 28.3 Å². The topological polar surface area (TPSA) is 22.1 Å². The minimum absolute atomic E-state index is 0.0174. The fraction of sp³-hybridized carbons (Fsp3) is 0.138. The normalized spacial score (nSPS) is 12.6. The zero-order valence-electron chi connectivity index (χ0n) is 17.9. The zero-order chi connectivity index (χ0) is 21.2. The molecule has 0 amide bonds. The molecule has 1 aliphatic rings. The van der Waals surface area contributed by atoms with Crippen LogP contribution in [0.1, 0.15) is 26.3 Å². The number of nitrogens with zero attached hydrogens (tertiary/aromatic N) is 1. The molecule has 2 heteroatoms. The number of ether oxygens (including phenoxy) is 1. The molecule has 0 atom stereocenters. The summed E-state index contributed by atoms with van der Waals surface area (Å²) in [7, 11) is 0. The van der Waals surface area contributed by atoms with Crippen LogP contribution >= 0.6 is 0 Å². The van der Waals surface area contributed by atoms with Gasteiger partial charge >= 0.3 is 0 Å². The van der Waals surface area contributed by atoms with Gasteiger partial charge in [-0.05, 0) is 57.0 Å². The molecule has 0 saturated heterocycles. The Morgan fingerprint density at radius 1 is 0.742 bits per heavy atom. The number of hydrogen-bond donors (Lipinski definition) is 0. The highest BCUT2D eigenvalue weighted by atomic mass is 16.5. The van der Waals surface area contributed by atoms with Crippen molar-refractivity contribution in [3.8, 4) is 33.9 Å². The third kappa shape index (κ3) is 2.75. The maximum absolute atomic E-state index is 6.51. The number of rotatable bonds is 1. The molecule has 2 nitrogen and oxygen atoms in total. The van der Waals surface area contributed by atoms with Crippen LogP contribution in [0.2, 0.25) is 0 Å². The SMILES string of the molecule is CC(C)(C)c1cc(-c2nccc3c2Oc2cccc4cccc-3c24)cc2ccccc12. The largest absolute Gasteiger partial charge is 0.454 e. The van der Waals surface area contributed by atoms with Crippen molar-refractivity contribution < 1.29 is 4.74 Å². The van der Waals surface area contributed by atoms with Crippen molar-refractivity contribution >= 4 is 21.5 Å². The Bertz CT molecular complexity index is 1490. The highest BCUT2D eigenvalue weighted by molar-refractivity contribution is 6.05. The molecule has 0 saturated carbocycles. The van der Waals surface area contributed by atoms with Crippen molar-refractivity contribution in [1.29, 1.82) is 0 Å². The van der Waals surface area contributed by atoms with E-state index < -0.39 is 0 Å². The van der Waals surface area contributed by atoms with Gasteiger partial charge in [-0.1, -0.05) is 75.4 Å². The second kappa shape index (κ2) is 6.42.